The van der Waals surface area contributed by atoms with Crippen LogP contribution in [0.2, 0.25) is 0 Å². The number of carbonyl (C=O) groups is 4. The van der Waals surface area contributed by atoms with Crippen LogP contribution in [0, 0.1) is 29.6 Å². The van der Waals surface area contributed by atoms with E-state index in [0.29, 0.717) is 78.0 Å². The van der Waals surface area contributed by atoms with E-state index in [1.165, 1.54) is 0 Å². The van der Waals surface area contributed by atoms with Crippen molar-refractivity contribution in [3.63, 3.8) is 0 Å². The van der Waals surface area contributed by atoms with Crippen LogP contribution in [0.5, 0.6) is 0 Å². The summed E-state index contributed by atoms with van der Waals surface area (Å²) in [5, 5.41) is 0. The number of rotatable bonds is 15. The molecule has 0 N–H and O–H groups in total. The second kappa shape index (κ2) is 18.9. The third-order valence-electron chi connectivity index (χ3n) is 9.43. The Kier molecular flexibility index (Phi) is 15.6. The Hall–Kier alpha value is -2.54. The molecule has 12 nitrogen and oxygen atoms in total. The molecule has 0 bridgehead atoms. The minimum Gasteiger partial charge on any atom is -0.463 e. The number of ether oxygens (including phenoxy) is 8. The minimum atomic E-state index is -0.366. The van der Waals surface area contributed by atoms with E-state index in [0.717, 1.165) is 37.7 Å². The Balaban J connectivity index is 0.000000250. The van der Waals surface area contributed by atoms with Crippen molar-refractivity contribution in [3.8, 4) is 0 Å². The van der Waals surface area contributed by atoms with Crippen molar-refractivity contribution in [2.75, 3.05) is 52.9 Å². The highest BCUT2D eigenvalue weighted by atomic mass is 16.6. The molecule has 0 aromatic carbocycles. The van der Waals surface area contributed by atoms with Gasteiger partial charge in [0.15, 0.2) is 0 Å². The van der Waals surface area contributed by atoms with Crippen LogP contribution in [0.25, 0.3) is 0 Å². The molecule has 0 spiro atoms. The van der Waals surface area contributed by atoms with Crippen molar-refractivity contribution in [3.05, 3.63) is 12.2 Å². The molecule has 6 aliphatic rings. The van der Waals surface area contributed by atoms with Crippen LogP contribution in [0.15, 0.2) is 12.2 Å². The first-order valence-corrected chi connectivity index (χ1v) is 16.6. The van der Waals surface area contributed by atoms with Crippen molar-refractivity contribution < 1.29 is 57.1 Å². The summed E-state index contributed by atoms with van der Waals surface area (Å²) in [4.78, 5) is 48.5. The topological polar surface area (TPSA) is 155 Å². The van der Waals surface area contributed by atoms with E-state index in [4.69, 9.17) is 37.9 Å². The van der Waals surface area contributed by atoms with Crippen LogP contribution < -0.4 is 0 Å². The van der Waals surface area contributed by atoms with Crippen molar-refractivity contribution in [2.45, 2.75) is 104 Å². The van der Waals surface area contributed by atoms with Gasteiger partial charge >= 0.3 is 23.9 Å². The Labute approximate surface area is 279 Å². The van der Waals surface area contributed by atoms with Gasteiger partial charge in [-0.3, -0.25) is 19.2 Å². The summed E-state index contributed by atoms with van der Waals surface area (Å²) < 4.78 is 41.2. The molecule has 47 heavy (non-hydrogen) atoms. The molecule has 0 aromatic heterocycles. The molecular formula is C35H56O12. The summed E-state index contributed by atoms with van der Waals surface area (Å²) in [5.41, 5.74) is 1.08. The molecule has 4 aliphatic heterocycles. The molecule has 0 aromatic rings. The van der Waals surface area contributed by atoms with Crippen LogP contribution in [0.1, 0.15) is 79.6 Å². The number of allylic oxidation sites excluding steroid dienone is 1. The molecule has 0 amide bonds. The molecular weight excluding hydrogens is 612 g/mol. The van der Waals surface area contributed by atoms with Crippen LogP contribution >= 0.6 is 0 Å². The van der Waals surface area contributed by atoms with Crippen molar-refractivity contribution in [1.29, 1.82) is 0 Å². The summed E-state index contributed by atoms with van der Waals surface area (Å²) in [6.45, 7) is 10.3. The Morgan fingerprint density at radius 2 is 1.04 bits per heavy atom. The zero-order valence-electron chi connectivity index (χ0n) is 26.3. The standard InChI is InChI=1S/C19H28O6.C14H20O6.2CH4/c1-3-13-4-5-14(6-18(20)24-10-15-8-22-15)17(12(13)2)7-19(21)25-11-16-9-23-16;15-13(19-7-9-5-17-9)11-3-1-2-4-12(11)14(16)20-8-10-6-18-10;;/h13-17H,2-11H2,1H3;9-12H,1-8H2;2*1H4. The maximum atomic E-state index is 12.2. The first-order chi connectivity index (χ1) is 21.8. The Bertz CT molecular complexity index is 1010. The van der Waals surface area contributed by atoms with Gasteiger partial charge in [-0.2, -0.15) is 0 Å². The zero-order chi connectivity index (χ0) is 31.8. The maximum absolute atomic E-state index is 12.2. The van der Waals surface area contributed by atoms with Gasteiger partial charge in [0, 0.05) is 6.42 Å². The van der Waals surface area contributed by atoms with Gasteiger partial charge in [0.25, 0.3) is 0 Å². The van der Waals surface area contributed by atoms with Gasteiger partial charge in [-0.05, 0) is 49.9 Å². The number of hydrogen-bond acceptors (Lipinski definition) is 12. The third-order valence-corrected chi connectivity index (χ3v) is 9.43. The summed E-state index contributed by atoms with van der Waals surface area (Å²) in [5.74, 6) is -1.27. The molecule has 0 radical (unpaired) electrons. The van der Waals surface area contributed by atoms with Gasteiger partial charge in [-0.15, -0.1) is 0 Å². The van der Waals surface area contributed by atoms with E-state index < -0.39 is 0 Å². The van der Waals surface area contributed by atoms with Gasteiger partial charge < -0.3 is 37.9 Å². The summed E-state index contributed by atoms with van der Waals surface area (Å²) >= 11 is 0. The van der Waals surface area contributed by atoms with Gasteiger partial charge in [0.05, 0.1) is 44.7 Å². The number of epoxide rings is 4. The Morgan fingerprint density at radius 3 is 1.45 bits per heavy atom. The highest BCUT2D eigenvalue weighted by Gasteiger charge is 2.40. The Morgan fingerprint density at radius 1 is 0.638 bits per heavy atom. The first kappa shape index (κ1) is 38.9. The first-order valence-electron chi connectivity index (χ1n) is 16.6. The fourth-order valence-electron chi connectivity index (χ4n) is 6.22. The second-order valence-corrected chi connectivity index (χ2v) is 13.0. The molecule has 12 heteroatoms. The van der Waals surface area contributed by atoms with Crippen molar-refractivity contribution in [1.82, 2.24) is 0 Å². The van der Waals surface area contributed by atoms with Gasteiger partial charge in [0.1, 0.15) is 50.8 Å². The van der Waals surface area contributed by atoms with Gasteiger partial charge in [-0.25, -0.2) is 0 Å². The molecule has 4 heterocycles. The normalized spacial score (nSPS) is 32.9. The predicted octanol–water partition coefficient (Wildman–Crippen LogP) is 4.21. The van der Waals surface area contributed by atoms with Gasteiger partial charge in [-0.1, -0.05) is 46.8 Å². The summed E-state index contributed by atoms with van der Waals surface area (Å²) in [6.07, 6.45) is 7.10. The number of hydrogen-bond donors (Lipinski definition) is 0. The average molecular weight is 669 g/mol. The smallest absolute Gasteiger partial charge is 0.309 e. The molecule has 9 unspecified atom stereocenters. The quantitative estimate of drug-likeness (QED) is 0.106. The van der Waals surface area contributed by atoms with E-state index in [-0.39, 0.29) is 93.2 Å². The van der Waals surface area contributed by atoms with E-state index in [1.54, 1.807) is 0 Å². The highest BCUT2D eigenvalue weighted by Crippen LogP contribution is 2.42. The van der Waals surface area contributed by atoms with Crippen molar-refractivity contribution >= 4 is 23.9 Å². The molecule has 2 aliphatic carbocycles. The zero-order valence-corrected chi connectivity index (χ0v) is 26.3. The molecule has 268 valence electrons. The van der Waals surface area contributed by atoms with E-state index in [1.807, 2.05) is 0 Å². The highest BCUT2D eigenvalue weighted by molar-refractivity contribution is 5.82. The van der Waals surface area contributed by atoms with Gasteiger partial charge in [0.2, 0.25) is 0 Å². The monoisotopic (exact) mass is 668 g/mol. The average Bonchev–Trinajstić information content (AvgIpc) is 3.85. The van der Waals surface area contributed by atoms with E-state index in [2.05, 4.69) is 13.5 Å². The minimum absolute atomic E-state index is 0. The number of carbonyl (C=O) groups excluding carboxylic acids is 4. The fraction of sp³-hybridized carbons (Fsp3) is 0.829. The lowest BCUT2D eigenvalue weighted by Gasteiger charge is -2.37. The lowest BCUT2D eigenvalue weighted by atomic mass is 9.68. The maximum Gasteiger partial charge on any atom is 0.309 e. The van der Waals surface area contributed by atoms with Crippen LogP contribution in [0.4, 0.5) is 0 Å². The molecule has 6 rings (SSSR count). The predicted molar refractivity (Wildman–Crippen MR) is 170 cm³/mol. The van der Waals surface area contributed by atoms with Crippen LogP contribution in [0.3, 0.4) is 0 Å². The largest absolute Gasteiger partial charge is 0.463 e. The van der Waals surface area contributed by atoms with Crippen LogP contribution in [-0.2, 0) is 57.1 Å². The van der Waals surface area contributed by atoms with Crippen molar-refractivity contribution in [2.24, 2.45) is 29.6 Å². The van der Waals surface area contributed by atoms with E-state index >= 15 is 0 Å². The lowest BCUT2D eigenvalue weighted by molar-refractivity contribution is -0.163. The molecule has 9 atom stereocenters. The molecule has 2 saturated carbocycles. The number of esters is 4. The van der Waals surface area contributed by atoms with E-state index in [9.17, 15) is 19.2 Å². The molecule has 4 saturated heterocycles. The fourth-order valence-corrected chi connectivity index (χ4v) is 6.22. The molecule has 6 fully saturated rings. The third kappa shape index (κ3) is 13.1. The second-order valence-electron chi connectivity index (χ2n) is 13.0. The lowest BCUT2D eigenvalue weighted by Crippen LogP contribution is -2.35. The summed E-state index contributed by atoms with van der Waals surface area (Å²) in [6, 6.07) is 0. The SMILES string of the molecule is C.C.C=C1C(CC)CCC(CC(=O)OCC2CO2)C1CC(=O)OCC1CO1.O=C(OCC1CO1)C1CCCCC1C(=O)OCC1CO1. The van der Waals surface area contributed by atoms with Crippen LogP contribution in [-0.4, -0.2) is 101 Å². The summed E-state index contributed by atoms with van der Waals surface area (Å²) in [7, 11) is 0.